The zero-order chi connectivity index (χ0) is 27.4. The number of carboxylic acid groups (broad SMARTS) is 1. The Labute approximate surface area is 227 Å². The molecule has 4 aliphatic rings. The van der Waals surface area contributed by atoms with E-state index in [1.54, 1.807) is 24.3 Å². The van der Waals surface area contributed by atoms with Crippen molar-refractivity contribution in [2.45, 2.75) is 57.4 Å². The SMILES string of the molecule is O=C1CCNC(=O)C2(CCN(C(=O)C3CCC3)CC2)Cc2cccc(c2)Oc2ccc(cc2)C[C@@H](C(=O)O)N1. The minimum absolute atomic E-state index is 0.0276. The molecule has 3 N–H and O–H groups in total. The molecule has 1 saturated carbocycles. The van der Waals surface area contributed by atoms with E-state index in [4.69, 9.17) is 4.74 Å². The summed E-state index contributed by atoms with van der Waals surface area (Å²) in [6.07, 6.45) is 4.62. The average Bonchev–Trinajstić information content (AvgIpc) is 2.88. The molecule has 4 bridgehead atoms. The molecule has 6 rings (SSSR count). The minimum Gasteiger partial charge on any atom is -0.480 e. The molecule has 9 nitrogen and oxygen atoms in total. The third kappa shape index (κ3) is 6.24. The van der Waals surface area contributed by atoms with Gasteiger partial charge in [-0.25, -0.2) is 4.79 Å². The van der Waals surface area contributed by atoms with Gasteiger partial charge < -0.3 is 25.4 Å². The van der Waals surface area contributed by atoms with Crippen molar-refractivity contribution in [1.82, 2.24) is 15.5 Å². The summed E-state index contributed by atoms with van der Waals surface area (Å²) in [5.74, 6) is -0.152. The highest BCUT2D eigenvalue weighted by Crippen LogP contribution is 2.38. The first-order valence-electron chi connectivity index (χ1n) is 13.8. The number of carbonyl (C=O) groups is 4. The molecule has 0 unspecified atom stereocenters. The van der Waals surface area contributed by atoms with Crippen LogP contribution in [0.15, 0.2) is 48.5 Å². The number of aliphatic carboxylic acids is 1. The molecular weight excluding hydrogens is 498 g/mol. The number of hydrogen-bond acceptors (Lipinski definition) is 5. The minimum atomic E-state index is -1.12. The average molecular weight is 534 g/mol. The second-order valence-corrected chi connectivity index (χ2v) is 11.0. The van der Waals surface area contributed by atoms with Crippen LogP contribution in [0, 0.1) is 11.3 Å². The largest absolute Gasteiger partial charge is 0.480 e. The van der Waals surface area contributed by atoms with E-state index in [2.05, 4.69) is 10.6 Å². The summed E-state index contributed by atoms with van der Waals surface area (Å²) in [7, 11) is 0. The Bertz CT molecular complexity index is 1230. The molecule has 3 amide bonds. The second-order valence-electron chi connectivity index (χ2n) is 11.0. The van der Waals surface area contributed by atoms with Crippen molar-refractivity contribution in [3.8, 4) is 11.5 Å². The highest BCUT2D eigenvalue weighted by molar-refractivity contribution is 5.86. The van der Waals surface area contributed by atoms with E-state index < -0.39 is 23.3 Å². The summed E-state index contributed by atoms with van der Waals surface area (Å²) in [5, 5.41) is 15.1. The third-order valence-corrected chi connectivity index (χ3v) is 8.28. The fraction of sp³-hybridized carbons (Fsp3) is 0.467. The van der Waals surface area contributed by atoms with Crippen LogP contribution in [-0.2, 0) is 32.0 Å². The Morgan fingerprint density at radius 3 is 2.38 bits per heavy atom. The van der Waals surface area contributed by atoms with Gasteiger partial charge in [-0.05, 0) is 67.5 Å². The lowest BCUT2D eigenvalue weighted by Gasteiger charge is -2.42. The van der Waals surface area contributed by atoms with Gasteiger partial charge in [0.2, 0.25) is 17.7 Å². The maximum absolute atomic E-state index is 13.6. The van der Waals surface area contributed by atoms with Gasteiger partial charge in [0.15, 0.2) is 0 Å². The number of rotatable bonds is 2. The zero-order valence-corrected chi connectivity index (χ0v) is 22.0. The van der Waals surface area contributed by atoms with Gasteiger partial charge in [-0.3, -0.25) is 14.4 Å². The lowest BCUT2D eigenvalue weighted by atomic mass is 9.72. The Morgan fingerprint density at radius 2 is 1.72 bits per heavy atom. The van der Waals surface area contributed by atoms with E-state index in [9.17, 15) is 24.3 Å². The van der Waals surface area contributed by atoms with Crippen LogP contribution in [0.2, 0.25) is 0 Å². The summed E-state index contributed by atoms with van der Waals surface area (Å²) in [4.78, 5) is 52.7. The number of ether oxygens (including phenoxy) is 1. The van der Waals surface area contributed by atoms with E-state index in [0.717, 1.165) is 30.4 Å². The number of hydrogen-bond donors (Lipinski definition) is 3. The Kier molecular flexibility index (Phi) is 7.86. The van der Waals surface area contributed by atoms with E-state index in [-0.39, 0.29) is 37.1 Å². The van der Waals surface area contributed by atoms with Crippen LogP contribution in [0.3, 0.4) is 0 Å². The molecule has 1 aliphatic carbocycles. The van der Waals surface area contributed by atoms with Crippen molar-refractivity contribution in [3.63, 3.8) is 0 Å². The molecule has 0 aromatic heterocycles. The molecule has 1 spiro atoms. The number of carbonyl (C=O) groups excluding carboxylic acids is 3. The van der Waals surface area contributed by atoms with Crippen LogP contribution < -0.4 is 15.4 Å². The predicted octanol–water partition coefficient (Wildman–Crippen LogP) is 3.06. The summed E-state index contributed by atoms with van der Waals surface area (Å²) in [6, 6.07) is 13.7. The van der Waals surface area contributed by atoms with Crippen molar-refractivity contribution in [2.75, 3.05) is 19.6 Å². The number of carboxylic acids is 1. The van der Waals surface area contributed by atoms with Crippen molar-refractivity contribution in [2.24, 2.45) is 11.3 Å². The van der Waals surface area contributed by atoms with Gasteiger partial charge in [0.1, 0.15) is 17.5 Å². The van der Waals surface area contributed by atoms with Crippen molar-refractivity contribution < 1.29 is 29.0 Å². The fourth-order valence-electron chi connectivity index (χ4n) is 5.67. The van der Waals surface area contributed by atoms with Gasteiger partial charge in [0.25, 0.3) is 0 Å². The smallest absolute Gasteiger partial charge is 0.326 e. The lowest BCUT2D eigenvalue weighted by molar-refractivity contribution is -0.145. The highest BCUT2D eigenvalue weighted by atomic mass is 16.5. The monoisotopic (exact) mass is 533 g/mol. The number of benzene rings is 2. The van der Waals surface area contributed by atoms with Gasteiger partial charge in [-0.15, -0.1) is 0 Å². The molecule has 3 aliphatic heterocycles. The first kappa shape index (κ1) is 26.7. The maximum atomic E-state index is 13.6. The zero-order valence-electron chi connectivity index (χ0n) is 22.0. The van der Waals surface area contributed by atoms with Crippen molar-refractivity contribution in [3.05, 3.63) is 59.7 Å². The molecule has 1 saturated heterocycles. The number of likely N-dealkylation sites (tertiary alicyclic amines) is 1. The Balaban J connectivity index is 1.39. The predicted molar refractivity (Wildman–Crippen MR) is 143 cm³/mol. The molecule has 2 aromatic carbocycles. The van der Waals surface area contributed by atoms with Gasteiger partial charge in [0, 0.05) is 38.4 Å². The van der Waals surface area contributed by atoms with Crippen LogP contribution in [-0.4, -0.2) is 59.4 Å². The summed E-state index contributed by atoms with van der Waals surface area (Å²) < 4.78 is 6.07. The Hall–Kier alpha value is -3.88. The van der Waals surface area contributed by atoms with Crippen LogP contribution in [0.4, 0.5) is 0 Å². The molecule has 1 atom stereocenters. The fourth-order valence-corrected chi connectivity index (χ4v) is 5.67. The number of fused-ring (bicyclic) bond motifs is 9. The van der Waals surface area contributed by atoms with Crippen LogP contribution in [0.25, 0.3) is 0 Å². The summed E-state index contributed by atoms with van der Waals surface area (Å²) >= 11 is 0. The number of amides is 3. The van der Waals surface area contributed by atoms with E-state index in [0.29, 0.717) is 43.9 Å². The quantitative estimate of drug-likeness (QED) is 0.545. The molecule has 0 radical (unpaired) electrons. The lowest BCUT2D eigenvalue weighted by Crippen LogP contribution is -2.53. The van der Waals surface area contributed by atoms with E-state index in [1.165, 1.54) is 0 Å². The Morgan fingerprint density at radius 1 is 0.974 bits per heavy atom. The van der Waals surface area contributed by atoms with Gasteiger partial charge >= 0.3 is 5.97 Å². The van der Waals surface area contributed by atoms with Gasteiger partial charge in [0.05, 0.1) is 5.41 Å². The van der Waals surface area contributed by atoms with Gasteiger partial charge in [-0.1, -0.05) is 30.7 Å². The summed E-state index contributed by atoms with van der Waals surface area (Å²) in [5.41, 5.74) is 0.978. The summed E-state index contributed by atoms with van der Waals surface area (Å²) in [6.45, 7) is 1.14. The molecule has 2 fully saturated rings. The van der Waals surface area contributed by atoms with Crippen LogP contribution in [0.1, 0.15) is 49.7 Å². The van der Waals surface area contributed by atoms with Crippen LogP contribution >= 0.6 is 0 Å². The molecule has 2 aromatic rings. The standard InChI is InChI=1S/C30H35N3O6/c34-26-11-14-31-29(38)30(12-15-33(16-13-30)27(35)22-4-2-5-22)19-21-3-1-6-24(17-21)39-23-9-7-20(8-10-23)18-25(32-26)28(36)37/h1,3,6-10,17,22,25H,2,4-5,11-16,18-19H2,(H,31,38)(H,32,34)(H,36,37)/t25-/m0/s1. The topological polar surface area (TPSA) is 125 Å². The maximum Gasteiger partial charge on any atom is 0.326 e. The molecule has 9 heteroatoms. The first-order valence-corrected chi connectivity index (χ1v) is 13.8. The number of nitrogens with one attached hydrogen (secondary N) is 2. The first-order chi connectivity index (χ1) is 18.8. The molecule has 206 valence electrons. The van der Waals surface area contributed by atoms with Crippen molar-refractivity contribution in [1.29, 1.82) is 0 Å². The van der Waals surface area contributed by atoms with E-state index in [1.807, 2.05) is 29.2 Å². The van der Waals surface area contributed by atoms with Gasteiger partial charge in [-0.2, -0.15) is 0 Å². The third-order valence-electron chi connectivity index (χ3n) is 8.28. The second kappa shape index (κ2) is 11.5. The molecule has 3 heterocycles. The van der Waals surface area contributed by atoms with E-state index >= 15 is 0 Å². The molecular formula is C30H35N3O6. The molecule has 39 heavy (non-hydrogen) atoms. The number of piperidine rings is 1. The number of nitrogens with zero attached hydrogens (tertiary/aromatic N) is 1. The van der Waals surface area contributed by atoms with Crippen LogP contribution in [0.5, 0.6) is 11.5 Å². The van der Waals surface area contributed by atoms with Crippen molar-refractivity contribution >= 4 is 23.7 Å². The normalized spacial score (nSPS) is 22.1. The highest BCUT2D eigenvalue weighted by Gasteiger charge is 2.43.